The average molecular weight is 436 g/mol. The number of hydrogen-bond donors (Lipinski definition) is 1. The number of nitrogens with zero attached hydrogens (tertiary/aromatic N) is 4. The molecule has 0 bridgehead atoms. The third-order valence-corrected chi connectivity index (χ3v) is 7.18. The van der Waals surface area contributed by atoms with Gasteiger partial charge in [-0.05, 0) is 44.2 Å². The summed E-state index contributed by atoms with van der Waals surface area (Å²) in [6, 6.07) is 1.56. The van der Waals surface area contributed by atoms with Gasteiger partial charge in [0.05, 0.1) is 23.8 Å². The van der Waals surface area contributed by atoms with E-state index in [1.807, 2.05) is 11.8 Å². The Bertz CT molecular complexity index is 1110. The Labute approximate surface area is 187 Å². The third kappa shape index (κ3) is 3.72. The number of carbonyl (C=O) groups is 2. The van der Waals surface area contributed by atoms with E-state index in [4.69, 9.17) is 4.98 Å². The normalized spacial score (nSPS) is 21.1. The highest BCUT2D eigenvalue weighted by Gasteiger charge is 2.37. The molecule has 0 aromatic carbocycles. The molecule has 1 saturated heterocycles. The lowest BCUT2D eigenvalue weighted by atomic mass is 10.0. The molecule has 0 spiro atoms. The van der Waals surface area contributed by atoms with Gasteiger partial charge in [0, 0.05) is 43.4 Å². The minimum Gasteiger partial charge on any atom is -0.334 e. The molecule has 2 fully saturated rings. The van der Waals surface area contributed by atoms with Gasteiger partial charge in [-0.1, -0.05) is 12.8 Å². The maximum Gasteiger partial charge on any atom is 0.256 e. The van der Waals surface area contributed by atoms with Crippen molar-refractivity contribution in [2.24, 2.45) is 5.92 Å². The first-order chi connectivity index (χ1) is 15.5. The SMILES string of the molecule is Cc1cnccc1C(=O)N1CCc2nc(C3CCCN3C(=O)C3CCCC3)[nH]c(=O)c2C1. The van der Waals surface area contributed by atoms with Crippen LogP contribution >= 0.6 is 0 Å². The number of amides is 2. The maximum atomic E-state index is 13.0. The Hall–Kier alpha value is -3.03. The molecule has 2 aromatic rings. The zero-order valence-corrected chi connectivity index (χ0v) is 18.5. The number of H-pyrrole nitrogens is 1. The summed E-state index contributed by atoms with van der Waals surface area (Å²) in [5.74, 6) is 0.844. The zero-order chi connectivity index (χ0) is 22.2. The topological polar surface area (TPSA) is 99.3 Å². The van der Waals surface area contributed by atoms with Gasteiger partial charge in [-0.15, -0.1) is 0 Å². The van der Waals surface area contributed by atoms with Crippen molar-refractivity contribution in [1.29, 1.82) is 0 Å². The van der Waals surface area contributed by atoms with E-state index in [0.29, 0.717) is 29.9 Å². The highest BCUT2D eigenvalue weighted by molar-refractivity contribution is 5.95. The van der Waals surface area contributed by atoms with Crippen LogP contribution < -0.4 is 5.56 Å². The minimum atomic E-state index is -0.200. The van der Waals surface area contributed by atoms with Gasteiger partial charge in [-0.25, -0.2) is 4.98 Å². The molecule has 1 saturated carbocycles. The second-order valence-electron chi connectivity index (χ2n) is 9.21. The van der Waals surface area contributed by atoms with Crippen LogP contribution in [0.2, 0.25) is 0 Å². The first kappa shape index (κ1) is 20.8. The summed E-state index contributed by atoms with van der Waals surface area (Å²) in [6.07, 6.45) is 9.75. The predicted molar refractivity (Wildman–Crippen MR) is 118 cm³/mol. The van der Waals surface area contributed by atoms with Gasteiger partial charge in [0.2, 0.25) is 5.91 Å². The fourth-order valence-electron chi connectivity index (χ4n) is 5.38. The number of hydrogen-bond acceptors (Lipinski definition) is 5. The Morgan fingerprint density at radius 2 is 1.94 bits per heavy atom. The molecule has 5 rings (SSSR count). The Morgan fingerprint density at radius 1 is 1.12 bits per heavy atom. The van der Waals surface area contributed by atoms with Gasteiger partial charge >= 0.3 is 0 Å². The van der Waals surface area contributed by atoms with E-state index in [-0.39, 0.29) is 35.9 Å². The van der Waals surface area contributed by atoms with Crippen LogP contribution in [0.3, 0.4) is 0 Å². The van der Waals surface area contributed by atoms with E-state index >= 15 is 0 Å². The summed E-state index contributed by atoms with van der Waals surface area (Å²) in [4.78, 5) is 54.5. The molecule has 8 heteroatoms. The zero-order valence-electron chi connectivity index (χ0n) is 18.5. The van der Waals surface area contributed by atoms with Gasteiger partial charge in [0.15, 0.2) is 0 Å². The largest absolute Gasteiger partial charge is 0.334 e. The molecule has 2 aromatic heterocycles. The Balaban J connectivity index is 1.37. The van der Waals surface area contributed by atoms with E-state index in [1.165, 1.54) is 0 Å². The summed E-state index contributed by atoms with van der Waals surface area (Å²) < 4.78 is 0. The van der Waals surface area contributed by atoms with Crippen molar-refractivity contribution in [2.45, 2.75) is 64.5 Å². The molecule has 1 N–H and O–H groups in total. The van der Waals surface area contributed by atoms with E-state index < -0.39 is 0 Å². The van der Waals surface area contributed by atoms with Crippen molar-refractivity contribution in [1.82, 2.24) is 24.8 Å². The van der Waals surface area contributed by atoms with Gasteiger partial charge in [-0.2, -0.15) is 0 Å². The first-order valence-electron chi connectivity index (χ1n) is 11.6. The predicted octanol–water partition coefficient (Wildman–Crippen LogP) is 2.53. The second kappa shape index (κ2) is 8.48. The standard InChI is InChI=1S/C24H29N5O3/c1-15-13-25-10-8-17(15)24(32)28-12-9-19-18(14-28)22(30)27-21(26-19)20-7-4-11-29(20)23(31)16-5-2-3-6-16/h8,10,13,16,20H,2-7,9,11-12,14H2,1H3,(H,26,27,30). The van der Waals surface area contributed by atoms with E-state index in [0.717, 1.165) is 56.3 Å². The molecule has 8 nitrogen and oxygen atoms in total. The third-order valence-electron chi connectivity index (χ3n) is 7.18. The van der Waals surface area contributed by atoms with E-state index in [2.05, 4.69) is 9.97 Å². The number of rotatable bonds is 3. The highest BCUT2D eigenvalue weighted by Crippen LogP contribution is 2.35. The van der Waals surface area contributed by atoms with Crippen LogP contribution in [0, 0.1) is 12.8 Å². The maximum absolute atomic E-state index is 13.0. The number of likely N-dealkylation sites (tertiary alicyclic amines) is 1. The monoisotopic (exact) mass is 435 g/mol. The molecule has 4 heterocycles. The summed E-state index contributed by atoms with van der Waals surface area (Å²) in [7, 11) is 0. The van der Waals surface area contributed by atoms with Crippen molar-refractivity contribution in [3.8, 4) is 0 Å². The number of nitrogens with one attached hydrogen (secondary N) is 1. The van der Waals surface area contributed by atoms with Crippen molar-refractivity contribution in [3.05, 3.63) is 57.0 Å². The molecule has 168 valence electrons. The van der Waals surface area contributed by atoms with Crippen molar-refractivity contribution < 1.29 is 9.59 Å². The Kier molecular flexibility index (Phi) is 5.53. The fraction of sp³-hybridized carbons (Fsp3) is 0.542. The summed E-state index contributed by atoms with van der Waals surface area (Å²) in [5.41, 5.74) is 2.52. The molecular formula is C24H29N5O3. The lowest BCUT2D eigenvalue weighted by molar-refractivity contribution is -0.136. The van der Waals surface area contributed by atoms with Crippen molar-refractivity contribution in [3.63, 3.8) is 0 Å². The van der Waals surface area contributed by atoms with Crippen LogP contribution in [0.15, 0.2) is 23.3 Å². The summed E-state index contributed by atoms with van der Waals surface area (Å²) >= 11 is 0. The molecule has 3 aliphatic rings. The van der Waals surface area contributed by atoms with Crippen molar-refractivity contribution in [2.75, 3.05) is 13.1 Å². The Morgan fingerprint density at radius 3 is 2.72 bits per heavy atom. The molecule has 0 radical (unpaired) electrons. The van der Waals surface area contributed by atoms with Crippen molar-refractivity contribution >= 4 is 11.8 Å². The number of aryl methyl sites for hydroxylation is 1. The lowest BCUT2D eigenvalue weighted by Crippen LogP contribution is -2.41. The fourth-order valence-corrected chi connectivity index (χ4v) is 5.38. The van der Waals surface area contributed by atoms with Crippen LogP contribution in [-0.4, -0.2) is 49.7 Å². The number of aromatic nitrogens is 3. The van der Waals surface area contributed by atoms with E-state index in [9.17, 15) is 14.4 Å². The summed E-state index contributed by atoms with van der Waals surface area (Å²) in [6.45, 7) is 3.35. The minimum absolute atomic E-state index is 0.0943. The molecule has 1 unspecified atom stereocenters. The molecule has 2 aliphatic heterocycles. The molecule has 1 aliphatic carbocycles. The van der Waals surface area contributed by atoms with Gasteiger partial charge in [0.25, 0.3) is 11.5 Å². The second-order valence-corrected chi connectivity index (χ2v) is 9.21. The highest BCUT2D eigenvalue weighted by atomic mass is 16.2. The number of pyridine rings is 1. The van der Waals surface area contributed by atoms with Crippen LogP contribution in [0.4, 0.5) is 0 Å². The molecule has 2 amide bonds. The van der Waals surface area contributed by atoms with Crippen LogP contribution in [0.1, 0.15) is 77.6 Å². The van der Waals surface area contributed by atoms with Crippen LogP contribution in [-0.2, 0) is 17.8 Å². The summed E-state index contributed by atoms with van der Waals surface area (Å²) in [5, 5.41) is 0. The van der Waals surface area contributed by atoms with Crippen LogP contribution in [0.25, 0.3) is 0 Å². The quantitative estimate of drug-likeness (QED) is 0.799. The lowest BCUT2D eigenvalue weighted by Gasteiger charge is -2.30. The van der Waals surface area contributed by atoms with Crippen LogP contribution in [0.5, 0.6) is 0 Å². The van der Waals surface area contributed by atoms with Gasteiger partial charge in [-0.3, -0.25) is 19.4 Å². The smallest absolute Gasteiger partial charge is 0.256 e. The number of aromatic amines is 1. The first-order valence-corrected chi connectivity index (χ1v) is 11.6. The van der Waals surface area contributed by atoms with Gasteiger partial charge < -0.3 is 14.8 Å². The molecule has 1 atom stereocenters. The number of carbonyl (C=O) groups excluding carboxylic acids is 2. The van der Waals surface area contributed by atoms with Gasteiger partial charge in [0.1, 0.15) is 5.82 Å². The van der Waals surface area contributed by atoms with E-state index in [1.54, 1.807) is 23.4 Å². The molecule has 32 heavy (non-hydrogen) atoms. The number of fused-ring (bicyclic) bond motifs is 1. The average Bonchev–Trinajstić information content (AvgIpc) is 3.51. The molecular weight excluding hydrogens is 406 g/mol.